The Kier molecular flexibility index (Phi) is 10.8. The van der Waals surface area contributed by atoms with Gasteiger partial charge in [-0.2, -0.15) is 0 Å². The molecule has 3 amide bonds. The third-order valence-electron chi connectivity index (χ3n) is 10.8. The number of oxime groups is 1. The van der Waals surface area contributed by atoms with Gasteiger partial charge in [-0.25, -0.2) is 0 Å². The van der Waals surface area contributed by atoms with Crippen LogP contribution in [0.5, 0.6) is 5.75 Å². The molecule has 0 bridgehead atoms. The fourth-order valence-electron chi connectivity index (χ4n) is 7.64. The highest BCUT2D eigenvalue weighted by molar-refractivity contribution is 6.39. The minimum absolute atomic E-state index is 0.0527. The molecule has 2 heterocycles. The number of Topliss-reactive ketones (excluding diaryl/α,β-unsaturated/α-hetero) is 2. The predicted molar refractivity (Wildman–Crippen MR) is 190 cm³/mol. The summed E-state index contributed by atoms with van der Waals surface area (Å²) in [5.41, 5.74) is 1.87. The molecule has 1 spiro atoms. The van der Waals surface area contributed by atoms with Crippen LogP contribution >= 0.6 is 0 Å². The molecule has 0 aromatic heterocycles. The molecule has 2 saturated carbocycles. The lowest BCUT2D eigenvalue weighted by atomic mass is 9.85. The molecule has 3 fully saturated rings. The highest BCUT2D eigenvalue weighted by Gasteiger charge is 2.56. The van der Waals surface area contributed by atoms with Crippen LogP contribution in [-0.4, -0.2) is 76.8 Å². The summed E-state index contributed by atoms with van der Waals surface area (Å²) in [6, 6.07) is 1.15. The summed E-state index contributed by atoms with van der Waals surface area (Å²) in [7, 11) is 0. The first kappa shape index (κ1) is 37.5. The van der Waals surface area contributed by atoms with Crippen molar-refractivity contribution in [3.8, 4) is 5.75 Å². The first-order valence-electron chi connectivity index (χ1n) is 18.5. The fourth-order valence-corrected chi connectivity index (χ4v) is 7.64. The van der Waals surface area contributed by atoms with Gasteiger partial charge in [0, 0.05) is 30.7 Å². The van der Waals surface area contributed by atoms with Crippen LogP contribution in [0.15, 0.2) is 17.3 Å². The largest absolute Gasteiger partial charge is 0.493 e. The number of carbonyl (C=O) groups is 5. The van der Waals surface area contributed by atoms with Crippen LogP contribution in [0.2, 0.25) is 0 Å². The Morgan fingerprint density at radius 2 is 1.70 bits per heavy atom. The zero-order valence-electron chi connectivity index (χ0n) is 31.3. The van der Waals surface area contributed by atoms with Crippen molar-refractivity contribution in [3.63, 3.8) is 0 Å². The van der Waals surface area contributed by atoms with E-state index in [4.69, 9.17) is 9.57 Å². The van der Waals surface area contributed by atoms with Gasteiger partial charge < -0.3 is 25.1 Å². The second-order valence-electron chi connectivity index (χ2n) is 16.5. The molecular formula is C39H56N4O7. The lowest BCUT2D eigenvalue weighted by Crippen LogP contribution is -2.59. The third kappa shape index (κ3) is 8.07. The topological polar surface area (TPSA) is 143 Å². The summed E-state index contributed by atoms with van der Waals surface area (Å²) >= 11 is 0. The molecule has 5 rings (SSSR count). The van der Waals surface area contributed by atoms with E-state index < -0.39 is 46.6 Å². The summed E-state index contributed by atoms with van der Waals surface area (Å²) in [5.74, 6) is -0.570. The maximum atomic E-state index is 14.6. The van der Waals surface area contributed by atoms with E-state index in [1.807, 2.05) is 53.7 Å². The number of amides is 3. The van der Waals surface area contributed by atoms with Gasteiger partial charge in [-0.3, -0.25) is 24.0 Å². The Hall–Kier alpha value is -3.76. The Morgan fingerprint density at radius 1 is 1.04 bits per heavy atom. The van der Waals surface area contributed by atoms with Crippen molar-refractivity contribution in [3.05, 3.63) is 28.8 Å². The predicted octanol–water partition coefficient (Wildman–Crippen LogP) is 4.82. The smallest absolute Gasteiger partial charge is 0.246 e. The Balaban J connectivity index is 1.43. The summed E-state index contributed by atoms with van der Waals surface area (Å²) in [6.07, 6.45) is 3.62. The van der Waals surface area contributed by atoms with Gasteiger partial charge in [-0.1, -0.05) is 59.5 Å². The molecule has 274 valence electrons. The van der Waals surface area contributed by atoms with E-state index in [9.17, 15) is 24.0 Å². The number of rotatable bonds is 14. The van der Waals surface area contributed by atoms with Gasteiger partial charge in [0.2, 0.25) is 23.5 Å². The molecule has 50 heavy (non-hydrogen) atoms. The molecule has 0 radical (unpaired) electrons. The van der Waals surface area contributed by atoms with E-state index in [0.717, 1.165) is 41.7 Å². The average molecular weight is 693 g/mol. The van der Waals surface area contributed by atoms with Gasteiger partial charge in [0.15, 0.2) is 11.4 Å². The molecule has 1 aromatic rings. The first-order chi connectivity index (χ1) is 23.5. The molecule has 11 heteroatoms. The molecule has 2 N–H and O–H groups in total. The number of carbonyl (C=O) groups excluding carboxylic acids is 5. The summed E-state index contributed by atoms with van der Waals surface area (Å²) < 4.78 is 5.84. The van der Waals surface area contributed by atoms with E-state index in [2.05, 4.69) is 29.6 Å². The van der Waals surface area contributed by atoms with E-state index in [1.165, 1.54) is 4.90 Å². The van der Waals surface area contributed by atoms with Crippen molar-refractivity contribution in [1.82, 2.24) is 15.5 Å². The Bertz CT molecular complexity index is 1530. The lowest BCUT2D eigenvalue weighted by molar-refractivity contribution is -0.145. The number of nitrogens with zero attached hydrogens (tertiary/aromatic N) is 2. The van der Waals surface area contributed by atoms with Crippen LogP contribution in [0, 0.1) is 42.9 Å². The fraction of sp³-hybridized carbons (Fsp3) is 0.692. The van der Waals surface area contributed by atoms with E-state index in [-0.39, 0.29) is 49.0 Å². The number of likely N-dealkylation sites (tertiary alicyclic amines) is 1. The van der Waals surface area contributed by atoms with E-state index in [1.54, 1.807) is 6.92 Å². The van der Waals surface area contributed by atoms with Crippen LogP contribution in [0.3, 0.4) is 0 Å². The molecule has 2 aliphatic heterocycles. The maximum Gasteiger partial charge on any atom is 0.246 e. The maximum absolute atomic E-state index is 14.6. The monoisotopic (exact) mass is 692 g/mol. The van der Waals surface area contributed by atoms with Crippen molar-refractivity contribution < 1.29 is 33.5 Å². The van der Waals surface area contributed by atoms with Crippen molar-refractivity contribution in [2.24, 2.45) is 34.2 Å². The second-order valence-corrected chi connectivity index (χ2v) is 16.5. The van der Waals surface area contributed by atoms with E-state index in [0.29, 0.717) is 31.1 Å². The van der Waals surface area contributed by atoms with Gasteiger partial charge in [0.1, 0.15) is 17.8 Å². The average Bonchev–Trinajstić information content (AvgIpc) is 3.98. The molecule has 2 aliphatic carbocycles. The Morgan fingerprint density at radius 3 is 2.24 bits per heavy atom. The van der Waals surface area contributed by atoms with Crippen LogP contribution in [0.4, 0.5) is 0 Å². The summed E-state index contributed by atoms with van der Waals surface area (Å²) in [6.45, 7) is 18.1. The van der Waals surface area contributed by atoms with Crippen LogP contribution in [0.1, 0.15) is 110 Å². The lowest BCUT2D eigenvalue weighted by Gasteiger charge is -2.35. The molecule has 6 atom stereocenters. The molecular weight excluding hydrogens is 636 g/mol. The van der Waals surface area contributed by atoms with Gasteiger partial charge in [-0.15, -0.1) is 0 Å². The minimum atomic E-state index is -1.00. The molecule has 11 nitrogen and oxygen atoms in total. The highest BCUT2D eigenvalue weighted by atomic mass is 16.7. The standard InChI is InChI=1S/C39H56N4O7/c1-10-31(44)32(45)28(16-24-12-13-24)40-36(47)30-19-39(18-29(42-50-39)25-14-22(5)33(49-11-2)23(6)15-25)20-43(30)37(48)34(38(7,8)9)41-35(46)27-17-26(27)21(3)4/h14-15,21,24,26-28,30,34H,10-13,16-20H2,1-9H3,(H,40,47)(H,41,46)/t26-,27+,28-,30-,34+,39+/m0/s1. The van der Waals surface area contributed by atoms with Gasteiger partial charge >= 0.3 is 0 Å². The number of ketones is 2. The number of hydrogen-bond donors (Lipinski definition) is 2. The van der Waals surface area contributed by atoms with Crippen molar-refractivity contribution in [2.45, 2.75) is 131 Å². The molecule has 1 saturated heterocycles. The third-order valence-corrected chi connectivity index (χ3v) is 10.8. The van der Waals surface area contributed by atoms with Crippen molar-refractivity contribution in [1.29, 1.82) is 0 Å². The normalized spacial score (nSPS) is 25.5. The molecule has 4 aliphatic rings. The zero-order chi connectivity index (χ0) is 36.7. The zero-order valence-corrected chi connectivity index (χ0v) is 31.3. The molecule has 0 unspecified atom stereocenters. The summed E-state index contributed by atoms with van der Waals surface area (Å²) in [5, 5.41) is 10.4. The quantitative estimate of drug-likeness (QED) is 0.266. The van der Waals surface area contributed by atoms with Crippen molar-refractivity contribution in [2.75, 3.05) is 13.2 Å². The van der Waals surface area contributed by atoms with Gasteiger partial charge in [0.25, 0.3) is 0 Å². The number of nitrogens with one attached hydrogen (secondary N) is 2. The Labute approximate surface area is 296 Å². The SMILES string of the molecule is CCOc1c(C)cc(C2=NO[C@]3(C2)C[C@@H](C(=O)N[C@@H](CC2CC2)C(=O)C(=O)CC)N(C(=O)[C@@H](NC(=O)[C@@H]2C[C@H]2C(C)C)C(C)(C)C)C3)cc1C. The number of hydrogen-bond acceptors (Lipinski definition) is 8. The number of benzene rings is 1. The molecule has 1 aromatic carbocycles. The van der Waals surface area contributed by atoms with Gasteiger partial charge in [-0.05, 0) is 80.0 Å². The first-order valence-corrected chi connectivity index (χ1v) is 18.5. The number of ether oxygens (including phenoxy) is 1. The van der Waals surface area contributed by atoms with Crippen LogP contribution in [-0.2, 0) is 28.8 Å². The minimum Gasteiger partial charge on any atom is -0.493 e. The summed E-state index contributed by atoms with van der Waals surface area (Å²) in [4.78, 5) is 75.6. The van der Waals surface area contributed by atoms with Crippen molar-refractivity contribution >= 4 is 35.0 Å². The van der Waals surface area contributed by atoms with E-state index >= 15 is 0 Å². The number of aryl methyl sites for hydroxylation is 2. The van der Waals surface area contributed by atoms with Gasteiger partial charge in [0.05, 0.1) is 24.9 Å². The van der Waals surface area contributed by atoms with Crippen LogP contribution in [0.25, 0.3) is 0 Å². The second kappa shape index (κ2) is 14.5. The van der Waals surface area contributed by atoms with Crippen LogP contribution < -0.4 is 15.4 Å². The highest BCUT2D eigenvalue weighted by Crippen LogP contribution is 2.45.